The Balaban J connectivity index is 2.25. The highest BCUT2D eigenvalue weighted by atomic mass is 35.5. The third-order valence-electron chi connectivity index (χ3n) is 2.60. The van der Waals surface area contributed by atoms with Gasteiger partial charge in [0.1, 0.15) is 5.82 Å². The zero-order chi connectivity index (χ0) is 14.0. The van der Waals surface area contributed by atoms with Crippen LogP contribution in [0.25, 0.3) is 0 Å². The van der Waals surface area contributed by atoms with E-state index in [0.717, 1.165) is 10.5 Å². The fourth-order valence-electron chi connectivity index (χ4n) is 1.55. The summed E-state index contributed by atoms with van der Waals surface area (Å²) < 4.78 is 13.9. The first-order chi connectivity index (χ1) is 8.97. The van der Waals surface area contributed by atoms with E-state index < -0.39 is 0 Å². The van der Waals surface area contributed by atoms with E-state index in [4.69, 9.17) is 28.9 Å². The van der Waals surface area contributed by atoms with Crippen molar-refractivity contribution in [3.63, 3.8) is 0 Å². The Morgan fingerprint density at radius 1 is 1.11 bits per heavy atom. The monoisotopic (exact) mass is 315 g/mol. The minimum atomic E-state index is -0.286. The SMILES string of the molecule is C[C@H](N)c1ccc(Sc2ccc(Cl)c(Cl)c2)c(F)c1. The van der Waals surface area contributed by atoms with Crippen molar-refractivity contribution in [3.05, 3.63) is 57.8 Å². The van der Waals surface area contributed by atoms with Crippen molar-refractivity contribution in [2.24, 2.45) is 5.73 Å². The fraction of sp³-hybridized carbons (Fsp3) is 0.143. The lowest BCUT2D eigenvalue weighted by atomic mass is 10.1. The molecule has 1 atom stereocenters. The van der Waals surface area contributed by atoms with Crippen molar-refractivity contribution >= 4 is 35.0 Å². The van der Waals surface area contributed by atoms with Crippen LogP contribution in [-0.4, -0.2) is 0 Å². The molecule has 5 heteroatoms. The second-order valence-corrected chi connectivity index (χ2v) is 6.09. The standard InChI is InChI=1S/C14H12Cl2FNS/c1-8(18)9-2-5-14(13(17)6-9)19-10-3-4-11(15)12(16)7-10/h2-8H,18H2,1H3/t8-/m0/s1. The summed E-state index contributed by atoms with van der Waals surface area (Å²) in [5, 5.41) is 0.943. The molecule has 0 radical (unpaired) electrons. The zero-order valence-corrected chi connectivity index (χ0v) is 12.5. The molecule has 19 heavy (non-hydrogen) atoms. The topological polar surface area (TPSA) is 26.0 Å². The van der Waals surface area contributed by atoms with Crippen molar-refractivity contribution in [3.8, 4) is 0 Å². The van der Waals surface area contributed by atoms with E-state index in [2.05, 4.69) is 0 Å². The maximum absolute atomic E-state index is 13.9. The molecule has 0 aliphatic heterocycles. The second-order valence-electron chi connectivity index (χ2n) is 4.16. The quantitative estimate of drug-likeness (QED) is 0.831. The fourth-order valence-corrected chi connectivity index (χ4v) is 2.77. The van der Waals surface area contributed by atoms with Crippen LogP contribution < -0.4 is 5.73 Å². The van der Waals surface area contributed by atoms with Crippen molar-refractivity contribution in [1.29, 1.82) is 0 Å². The highest BCUT2D eigenvalue weighted by molar-refractivity contribution is 7.99. The molecule has 0 saturated heterocycles. The molecule has 2 aromatic rings. The summed E-state index contributed by atoms with van der Waals surface area (Å²) in [5.41, 5.74) is 6.49. The second kappa shape index (κ2) is 6.14. The lowest BCUT2D eigenvalue weighted by Crippen LogP contribution is -2.05. The van der Waals surface area contributed by atoms with Crippen LogP contribution >= 0.6 is 35.0 Å². The van der Waals surface area contributed by atoms with Crippen LogP contribution in [0.3, 0.4) is 0 Å². The molecule has 1 nitrogen and oxygen atoms in total. The molecule has 2 N–H and O–H groups in total. The lowest BCUT2D eigenvalue weighted by Gasteiger charge is -2.09. The normalized spacial score (nSPS) is 12.5. The molecule has 0 aliphatic carbocycles. The number of benzene rings is 2. The summed E-state index contributed by atoms with van der Waals surface area (Å²) in [7, 11) is 0. The van der Waals surface area contributed by atoms with Gasteiger partial charge in [-0.3, -0.25) is 0 Å². The highest BCUT2D eigenvalue weighted by Crippen LogP contribution is 2.34. The highest BCUT2D eigenvalue weighted by Gasteiger charge is 2.08. The van der Waals surface area contributed by atoms with E-state index in [1.54, 1.807) is 24.3 Å². The largest absolute Gasteiger partial charge is 0.324 e. The Morgan fingerprint density at radius 3 is 2.42 bits per heavy atom. The van der Waals surface area contributed by atoms with Gasteiger partial charge < -0.3 is 5.73 Å². The van der Waals surface area contributed by atoms with Gasteiger partial charge in [0.25, 0.3) is 0 Å². The van der Waals surface area contributed by atoms with Crippen molar-refractivity contribution < 1.29 is 4.39 Å². The molecule has 0 bridgehead atoms. The van der Waals surface area contributed by atoms with Crippen molar-refractivity contribution in [1.82, 2.24) is 0 Å². The van der Waals surface area contributed by atoms with E-state index >= 15 is 0 Å². The van der Waals surface area contributed by atoms with E-state index in [9.17, 15) is 4.39 Å². The maximum Gasteiger partial charge on any atom is 0.137 e. The minimum Gasteiger partial charge on any atom is -0.324 e. The summed E-state index contributed by atoms with van der Waals surface area (Å²) in [6, 6.07) is 10.0. The number of hydrogen-bond donors (Lipinski definition) is 1. The molecule has 0 fully saturated rings. The first-order valence-corrected chi connectivity index (χ1v) is 7.22. The number of nitrogens with two attached hydrogens (primary N) is 1. The Kier molecular flexibility index (Phi) is 4.74. The van der Waals surface area contributed by atoms with Gasteiger partial charge in [-0.15, -0.1) is 0 Å². The average Bonchev–Trinajstić information content (AvgIpc) is 2.36. The van der Waals surface area contributed by atoms with Crippen LogP contribution in [0.2, 0.25) is 10.0 Å². The van der Waals surface area contributed by atoms with Crippen LogP contribution in [0.15, 0.2) is 46.2 Å². The third-order valence-corrected chi connectivity index (χ3v) is 4.38. The molecular formula is C14H12Cl2FNS. The molecule has 2 aromatic carbocycles. The van der Waals surface area contributed by atoms with Crippen LogP contribution in [-0.2, 0) is 0 Å². The first-order valence-electron chi connectivity index (χ1n) is 5.65. The molecule has 0 aliphatic rings. The summed E-state index contributed by atoms with van der Waals surface area (Å²) >= 11 is 13.1. The molecule has 0 heterocycles. The van der Waals surface area contributed by atoms with E-state index in [1.807, 2.05) is 13.0 Å². The Bertz CT molecular complexity index is 602. The van der Waals surface area contributed by atoms with Gasteiger partial charge in [-0.05, 0) is 42.8 Å². The van der Waals surface area contributed by atoms with E-state index in [1.165, 1.54) is 17.8 Å². The van der Waals surface area contributed by atoms with Gasteiger partial charge in [0, 0.05) is 15.8 Å². The molecule has 0 aromatic heterocycles. The third kappa shape index (κ3) is 3.63. The number of halogens is 3. The molecule has 0 saturated carbocycles. The van der Waals surface area contributed by atoms with Gasteiger partial charge in [0.2, 0.25) is 0 Å². The Labute approximate surface area is 125 Å². The predicted octanol–water partition coefficient (Wildman–Crippen LogP) is 5.30. The number of rotatable bonds is 3. The van der Waals surface area contributed by atoms with Crippen molar-refractivity contribution in [2.45, 2.75) is 22.8 Å². The molecule has 0 spiro atoms. The molecule has 0 amide bonds. The van der Waals surface area contributed by atoms with Gasteiger partial charge in [-0.25, -0.2) is 4.39 Å². The van der Waals surface area contributed by atoms with Gasteiger partial charge in [0.05, 0.1) is 10.0 Å². The molecule has 100 valence electrons. The lowest BCUT2D eigenvalue weighted by molar-refractivity contribution is 0.596. The summed E-state index contributed by atoms with van der Waals surface area (Å²) in [6.45, 7) is 1.82. The smallest absolute Gasteiger partial charge is 0.137 e. The molecule has 0 unspecified atom stereocenters. The van der Waals surface area contributed by atoms with Crippen LogP contribution in [0.1, 0.15) is 18.5 Å². The molecule has 2 rings (SSSR count). The predicted molar refractivity (Wildman–Crippen MR) is 79.6 cm³/mol. The van der Waals surface area contributed by atoms with Gasteiger partial charge >= 0.3 is 0 Å². The summed E-state index contributed by atoms with van der Waals surface area (Å²) in [4.78, 5) is 1.37. The summed E-state index contributed by atoms with van der Waals surface area (Å²) in [5.74, 6) is -0.286. The van der Waals surface area contributed by atoms with Gasteiger partial charge in [-0.2, -0.15) is 0 Å². The van der Waals surface area contributed by atoms with Crippen LogP contribution in [0, 0.1) is 5.82 Å². The van der Waals surface area contributed by atoms with Crippen LogP contribution in [0.4, 0.5) is 4.39 Å². The maximum atomic E-state index is 13.9. The van der Waals surface area contributed by atoms with Gasteiger partial charge in [-0.1, -0.05) is 41.0 Å². The molecular weight excluding hydrogens is 304 g/mol. The Morgan fingerprint density at radius 2 is 1.84 bits per heavy atom. The zero-order valence-electron chi connectivity index (χ0n) is 10.2. The Hall–Kier alpha value is -0.740. The van der Waals surface area contributed by atoms with Crippen LogP contribution in [0.5, 0.6) is 0 Å². The minimum absolute atomic E-state index is 0.182. The van der Waals surface area contributed by atoms with Crippen molar-refractivity contribution in [2.75, 3.05) is 0 Å². The average molecular weight is 316 g/mol. The number of hydrogen-bond acceptors (Lipinski definition) is 2. The van der Waals surface area contributed by atoms with E-state index in [-0.39, 0.29) is 11.9 Å². The first kappa shape index (κ1) is 14.7. The van der Waals surface area contributed by atoms with Gasteiger partial charge in [0.15, 0.2) is 0 Å². The van der Waals surface area contributed by atoms with E-state index in [0.29, 0.717) is 14.9 Å². The summed E-state index contributed by atoms with van der Waals surface area (Å²) in [6.07, 6.45) is 0.